The molecular weight excluding hydrogens is 544 g/mol. The molecule has 0 saturated heterocycles. The van der Waals surface area contributed by atoms with Gasteiger partial charge in [-0.25, -0.2) is 9.97 Å². The Balaban J connectivity index is 1.35. The Morgan fingerprint density at radius 2 is 2.00 bits per heavy atom. The quantitative estimate of drug-likeness (QED) is 0.224. The molecule has 2 fully saturated rings. The lowest BCUT2D eigenvalue weighted by Gasteiger charge is -2.15. The van der Waals surface area contributed by atoms with Gasteiger partial charge in [-0.05, 0) is 85.5 Å². The normalized spacial score (nSPS) is 14.4. The van der Waals surface area contributed by atoms with E-state index >= 15 is 0 Å². The van der Waals surface area contributed by atoms with Crippen LogP contribution in [0.2, 0.25) is 0 Å². The molecule has 2 saturated carbocycles. The summed E-state index contributed by atoms with van der Waals surface area (Å²) in [7, 11) is 1.65. The van der Waals surface area contributed by atoms with E-state index in [9.17, 15) is 14.9 Å². The molecule has 3 aromatic heterocycles. The van der Waals surface area contributed by atoms with Crippen molar-refractivity contribution in [3.05, 3.63) is 87.5 Å². The highest BCUT2D eigenvalue weighted by Gasteiger charge is 2.28. The zero-order chi connectivity index (χ0) is 29.9. The number of ether oxygens (including phenoxy) is 1. The van der Waals surface area contributed by atoms with E-state index in [2.05, 4.69) is 21.7 Å². The minimum atomic E-state index is -0.493. The van der Waals surface area contributed by atoms with Crippen molar-refractivity contribution >= 4 is 11.7 Å². The first-order chi connectivity index (χ1) is 20.9. The predicted octanol–water partition coefficient (Wildman–Crippen LogP) is 5.02. The molecule has 1 aromatic carbocycles. The van der Waals surface area contributed by atoms with Crippen LogP contribution in [-0.2, 0) is 17.8 Å². The number of carbonyl (C=O) groups excluding carboxylic acids is 1. The molecule has 43 heavy (non-hydrogen) atoms. The molecule has 4 aromatic rings. The zero-order valence-electron chi connectivity index (χ0n) is 24.4. The molecule has 2 aliphatic rings. The fourth-order valence-electron chi connectivity index (χ4n) is 5.25. The fraction of sp³-hybridized carbons (Fsp3) is 0.364. The minimum Gasteiger partial charge on any atom is -0.448 e. The number of methoxy groups -OCH3 is 1. The summed E-state index contributed by atoms with van der Waals surface area (Å²) in [5.41, 5.74) is 5.09. The third kappa shape index (κ3) is 6.58. The Labute approximate surface area is 249 Å². The summed E-state index contributed by atoms with van der Waals surface area (Å²) < 4.78 is 12.3. The highest BCUT2D eigenvalue weighted by Crippen LogP contribution is 2.42. The second-order valence-electron chi connectivity index (χ2n) is 11.4. The van der Waals surface area contributed by atoms with E-state index in [4.69, 9.17) is 14.1 Å². The van der Waals surface area contributed by atoms with E-state index < -0.39 is 5.91 Å². The Morgan fingerprint density at radius 1 is 1.16 bits per heavy atom. The van der Waals surface area contributed by atoms with Gasteiger partial charge in [-0.15, -0.1) is 0 Å². The lowest BCUT2D eigenvalue weighted by molar-refractivity contribution is 0.102. The monoisotopic (exact) mass is 578 g/mol. The largest absolute Gasteiger partial charge is 0.448 e. The van der Waals surface area contributed by atoms with Crippen molar-refractivity contribution in [1.29, 1.82) is 5.26 Å². The summed E-state index contributed by atoms with van der Waals surface area (Å²) in [6.07, 6.45) is 7.47. The van der Waals surface area contributed by atoms with Crippen molar-refractivity contribution in [2.75, 3.05) is 25.6 Å². The van der Waals surface area contributed by atoms with Crippen LogP contribution >= 0.6 is 0 Å². The van der Waals surface area contributed by atoms with E-state index in [-0.39, 0.29) is 11.1 Å². The second-order valence-corrected chi connectivity index (χ2v) is 11.4. The number of benzene rings is 1. The van der Waals surface area contributed by atoms with Crippen LogP contribution in [0.4, 0.5) is 5.82 Å². The standard InChI is InChI=1S/C33H34N6O4/c1-20-31(36-19-43-20)27-11-22(15-34)5-8-26(27)25-13-29(24-6-7-24)37-30(14-25)38-32(40)28-12-23(16-35-9-10-42-2)18-39(33(28)41)17-21-3-4-21/h5,8,11-14,18-19,21,24,35H,3-4,6-7,9-10,16-17H2,1-2H3,(H,37,38,40). The molecule has 3 heterocycles. The van der Waals surface area contributed by atoms with Crippen LogP contribution in [0.5, 0.6) is 0 Å². The molecule has 10 nitrogen and oxygen atoms in total. The lowest BCUT2D eigenvalue weighted by Crippen LogP contribution is -2.31. The van der Waals surface area contributed by atoms with Crippen molar-refractivity contribution in [2.45, 2.75) is 51.6 Å². The SMILES string of the molecule is COCCNCc1cc(C(=O)Nc2cc(-c3ccc(C#N)cc3-c3ncoc3C)cc(C3CC3)n2)c(=O)n(CC2CC2)c1. The molecule has 2 N–H and O–H groups in total. The molecule has 0 radical (unpaired) electrons. The molecule has 220 valence electrons. The summed E-state index contributed by atoms with van der Waals surface area (Å²) in [5, 5.41) is 15.8. The van der Waals surface area contributed by atoms with Crippen molar-refractivity contribution in [2.24, 2.45) is 5.92 Å². The van der Waals surface area contributed by atoms with Gasteiger partial charge in [0, 0.05) is 50.1 Å². The molecule has 1 amide bonds. The van der Waals surface area contributed by atoms with Crippen LogP contribution in [0.1, 0.15) is 64.5 Å². The Kier molecular flexibility index (Phi) is 8.18. The molecule has 10 heteroatoms. The minimum absolute atomic E-state index is 0.0872. The average Bonchev–Trinajstić information content (AvgIpc) is 3.95. The van der Waals surface area contributed by atoms with Crippen LogP contribution in [0.3, 0.4) is 0 Å². The van der Waals surface area contributed by atoms with Gasteiger partial charge < -0.3 is 24.4 Å². The van der Waals surface area contributed by atoms with Gasteiger partial charge in [0.15, 0.2) is 6.39 Å². The summed E-state index contributed by atoms with van der Waals surface area (Å²) in [6, 6.07) is 13.1. The summed E-state index contributed by atoms with van der Waals surface area (Å²) >= 11 is 0. The van der Waals surface area contributed by atoms with Gasteiger partial charge in [-0.2, -0.15) is 5.26 Å². The third-order valence-corrected chi connectivity index (χ3v) is 7.89. The smallest absolute Gasteiger partial charge is 0.263 e. The number of nitrogens with zero attached hydrogens (tertiary/aromatic N) is 4. The summed E-state index contributed by atoms with van der Waals surface area (Å²) in [5.74, 6) is 1.30. The number of hydrogen-bond acceptors (Lipinski definition) is 8. The summed E-state index contributed by atoms with van der Waals surface area (Å²) in [6.45, 7) is 4.17. The van der Waals surface area contributed by atoms with Gasteiger partial charge in [0.2, 0.25) is 0 Å². The van der Waals surface area contributed by atoms with Gasteiger partial charge in [0.1, 0.15) is 22.8 Å². The van der Waals surface area contributed by atoms with Crippen LogP contribution in [0.25, 0.3) is 22.4 Å². The third-order valence-electron chi connectivity index (χ3n) is 7.89. The van der Waals surface area contributed by atoms with Gasteiger partial charge in [-0.3, -0.25) is 9.59 Å². The molecule has 0 atom stereocenters. The van der Waals surface area contributed by atoms with Crippen molar-refractivity contribution in [3.8, 4) is 28.5 Å². The van der Waals surface area contributed by atoms with Crippen LogP contribution in [-0.4, -0.2) is 40.7 Å². The first kappa shape index (κ1) is 28.5. The number of nitrogens with one attached hydrogen (secondary N) is 2. The van der Waals surface area contributed by atoms with Crippen molar-refractivity contribution in [3.63, 3.8) is 0 Å². The molecule has 0 spiro atoms. The van der Waals surface area contributed by atoms with Crippen LogP contribution in [0, 0.1) is 24.2 Å². The Morgan fingerprint density at radius 3 is 2.70 bits per heavy atom. The topological polar surface area (TPSA) is 135 Å². The van der Waals surface area contributed by atoms with E-state index in [1.54, 1.807) is 29.9 Å². The van der Waals surface area contributed by atoms with Crippen molar-refractivity contribution < 1.29 is 13.9 Å². The number of nitriles is 1. The lowest BCUT2D eigenvalue weighted by atomic mass is 9.94. The van der Waals surface area contributed by atoms with E-state index in [1.807, 2.05) is 31.3 Å². The Bertz CT molecular complexity index is 1760. The maximum atomic E-state index is 13.7. The predicted molar refractivity (Wildman–Crippen MR) is 162 cm³/mol. The molecular formula is C33H34N6O4. The number of anilines is 1. The highest BCUT2D eigenvalue weighted by atomic mass is 16.5. The second kappa shape index (κ2) is 12.3. The first-order valence-corrected chi connectivity index (χ1v) is 14.6. The number of hydrogen-bond donors (Lipinski definition) is 2. The maximum Gasteiger partial charge on any atom is 0.263 e. The Hall–Kier alpha value is -4.59. The molecule has 0 unspecified atom stereocenters. The van der Waals surface area contributed by atoms with Gasteiger partial charge in [0.25, 0.3) is 11.5 Å². The molecule has 0 aliphatic heterocycles. The van der Waals surface area contributed by atoms with Crippen LogP contribution in [0.15, 0.2) is 58.2 Å². The summed E-state index contributed by atoms with van der Waals surface area (Å²) in [4.78, 5) is 36.3. The van der Waals surface area contributed by atoms with E-state index in [0.29, 0.717) is 60.9 Å². The molecule has 2 aliphatic carbocycles. The van der Waals surface area contributed by atoms with E-state index in [1.165, 1.54) is 6.39 Å². The first-order valence-electron chi connectivity index (χ1n) is 14.6. The van der Waals surface area contributed by atoms with Crippen molar-refractivity contribution in [1.82, 2.24) is 19.9 Å². The van der Waals surface area contributed by atoms with Gasteiger partial charge >= 0.3 is 0 Å². The zero-order valence-corrected chi connectivity index (χ0v) is 24.4. The fourth-order valence-corrected chi connectivity index (χ4v) is 5.25. The number of rotatable bonds is 12. The highest BCUT2D eigenvalue weighted by molar-refractivity contribution is 6.04. The number of carbonyl (C=O) groups is 1. The van der Waals surface area contributed by atoms with Gasteiger partial charge in [-0.1, -0.05) is 6.07 Å². The number of aromatic nitrogens is 3. The average molecular weight is 579 g/mol. The van der Waals surface area contributed by atoms with Gasteiger partial charge in [0.05, 0.1) is 18.2 Å². The van der Waals surface area contributed by atoms with Crippen LogP contribution < -0.4 is 16.2 Å². The van der Waals surface area contributed by atoms with E-state index in [0.717, 1.165) is 53.6 Å². The number of amides is 1. The molecule has 6 rings (SSSR count). The number of aryl methyl sites for hydroxylation is 1. The maximum absolute atomic E-state index is 13.7. The molecule has 0 bridgehead atoms. The number of oxazole rings is 1. The number of pyridine rings is 2.